The number of thiol groups is 1. The Morgan fingerprint density at radius 3 is 2.41 bits per heavy atom. The molecule has 3 fully saturated rings. The average Bonchev–Trinajstić information content (AvgIpc) is 3.03. The number of hydrogen-bond acceptors (Lipinski definition) is 8. The lowest BCUT2D eigenvalue weighted by Gasteiger charge is -2.42. The summed E-state index contributed by atoms with van der Waals surface area (Å²) < 4.78 is 46.3. The molecule has 2 aromatic rings. The number of alkyl halides is 3. The van der Waals surface area contributed by atoms with Gasteiger partial charge in [0.2, 0.25) is 0 Å². The second-order valence-corrected chi connectivity index (χ2v) is 8.73. The number of anilines is 2. The van der Waals surface area contributed by atoms with E-state index >= 15 is 0 Å². The number of carbonyl (C=O) groups excluding carboxylic acids is 2. The van der Waals surface area contributed by atoms with Crippen molar-refractivity contribution in [1.29, 1.82) is 5.26 Å². The van der Waals surface area contributed by atoms with E-state index in [-0.39, 0.29) is 30.4 Å². The molecule has 2 aliphatic heterocycles. The molecule has 8 nitrogen and oxygen atoms in total. The number of ether oxygens (including phenoxy) is 1. The second-order valence-electron chi connectivity index (χ2n) is 8.27. The third-order valence-corrected chi connectivity index (χ3v) is 6.81. The first-order valence-electron chi connectivity index (χ1n) is 10.5. The van der Waals surface area contributed by atoms with Gasteiger partial charge in [-0.05, 0) is 36.8 Å². The van der Waals surface area contributed by atoms with Gasteiger partial charge in [0.25, 0.3) is 5.91 Å². The van der Waals surface area contributed by atoms with Crippen LogP contribution in [-0.2, 0) is 15.8 Å². The number of halogens is 3. The maximum absolute atomic E-state index is 13.5. The van der Waals surface area contributed by atoms with Gasteiger partial charge in [0.15, 0.2) is 22.5 Å². The molecule has 2 atom stereocenters. The lowest BCUT2D eigenvalue weighted by molar-refractivity contribution is -0.140. The highest BCUT2D eigenvalue weighted by molar-refractivity contribution is 7.81. The summed E-state index contributed by atoms with van der Waals surface area (Å²) in [4.78, 5) is 32.4. The van der Waals surface area contributed by atoms with Crippen LogP contribution < -0.4 is 19.9 Å². The lowest BCUT2D eigenvalue weighted by atomic mass is 9.73. The monoisotopic (exact) mass is 489 g/mol. The quantitative estimate of drug-likeness (QED) is 0.503. The standard InChI is InChI=1S/C22H18F3N5O3S/c23-22(24,25)16-7-13(9-28-17(16)8-26)29-19(32)21(6-5-18(21)31)30(20(29)34)12-1-3-14(4-2-12)33-15-10-27-11-15/h1-4,7,9,15,20,27,34H,5-6,10-11H2. The predicted molar refractivity (Wildman–Crippen MR) is 117 cm³/mol. The number of aromatic nitrogens is 1. The van der Waals surface area contributed by atoms with Crippen molar-refractivity contribution in [3.8, 4) is 11.8 Å². The maximum atomic E-state index is 13.5. The molecule has 0 radical (unpaired) electrons. The van der Waals surface area contributed by atoms with Crippen molar-refractivity contribution in [1.82, 2.24) is 10.3 Å². The van der Waals surface area contributed by atoms with E-state index in [1.807, 2.05) is 0 Å². The molecule has 12 heteroatoms. The fourth-order valence-corrected chi connectivity index (χ4v) is 4.95. The number of amides is 1. The zero-order valence-corrected chi connectivity index (χ0v) is 18.4. The van der Waals surface area contributed by atoms with Crippen molar-refractivity contribution in [2.24, 2.45) is 0 Å². The highest BCUT2D eigenvalue weighted by Gasteiger charge is 2.65. The van der Waals surface area contributed by atoms with Crippen molar-refractivity contribution in [2.45, 2.75) is 36.2 Å². The van der Waals surface area contributed by atoms with E-state index in [4.69, 9.17) is 10.00 Å². The minimum Gasteiger partial charge on any atom is -0.488 e. The van der Waals surface area contributed by atoms with Gasteiger partial charge in [-0.3, -0.25) is 14.5 Å². The number of pyridine rings is 1. The summed E-state index contributed by atoms with van der Waals surface area (Å²) in [6, 6.07) is 8.90. The van der Waals surface area contributed by atoms with Crippen LogP contribution in [0.5, 0.6) is 5.75 Å². The second kappa shape index (κ2) is 7.89. The smallest absolute Gasteiger partial charge is 0.419 e. The van der Waals surface area contributed by atoms with E-state index in [1.165, 1.54) is 11.0 Å². The molecule has 1 aromatic carbocycles. The lowest BCUT2D eigenvalue weighted by Crippen LogP contribution is -2.62. The molecule has 2 saturated heterocycles. The number of ketones is 1. The number of nitrogens with one attached hydrogen (secondary N) is 1. The molecule has 3 aliphatic rings. The van der Waals surface area contributed by atoms with Gasteiger partial charge >= 0.3 is 6.18 Å². The molecule has 1 saturated carbocycles. The minimum absolute atomic E-state index is 0.0681. The van der Waals surface area contributed by atoms with Crippen LogP contribution in [0, 0.1) is 11.3 Å². The first-order chi connectivity index (χ1) is 16.2. The molecule has 1 spiro atoms. The average molecular weight is 489 g/mol. The van der Waals surface area contributed by atoms with Crippen molar-refractivity contribution in [3.63, 3.8) is 0 Å². The zero-order valence-electron chi connectivity index (χ0n) is 17.5. The Balaban J connectivity index is 1.53. The molecular weight excluding hydrogens is 471 g/mol. The van der Waals surface area contributed by atoms with Gasteiger partial charge in [-0.15, -0.1) is 12.6 Å². The van der Waals surface area contributed by atoms with E-state index in [9.17, 15) is 22.8 Å². The Labute approximate surface area is 197 Å². The molecule has 0 bridgehead atoms. The number of nitriles is 1. The summed E-state index contributed by atoms with van der Waals surface area (Å²) >= 11 is 4.53. The maximum Gasteiger partial charge on any atom is 0.419 e. The summed E-state index contributed by atoms with van der Waals surface area (Å²) in [5.41, 5.74) is -4.40. The van der Waals surface area contributed by atoms with Gasteiger partial charge in [-0.2, -0.15) is 18.4 Å². The number of rotatable bonds is 4. The summed E-state index contributed by atoms with van der Waals surface area (Å²) in [5, 5.41) is 12.1. The van der Waals surface area contributed by atoms with Crippen molar-refractivity contribution in [2.75, 3.05) is 22.9 Å². The summed E-state index contributed by atoms with van der Waals surface area (Å²) in [6.07, 6.45) is -3.39. The number of carbonyl (C=O) groups is 2. The summed E-state index contributed by atoms with van der Waals surface area (Å²) in [5.74, 6) is -0.393. The van der Waals surface area contributed by atoms with Crippen LogP contribution in [0.1, 0.15) is 24.1 Å². The number of Topliss-reactive ketones (excluding diaryl/α,β-unsaturated/α-hetero) is 1. The zero-order chi connectivity index (χ0) is 24.3. The molecule has 5 rings (SSSR count). The summed E-state index contributed by atoms with van der Waals surface area (Å²) in [6.45, 7) is 1.48. The largest absolute Gasteiger partial charge is 0.488 e. The molecule has 1 amide bonds. The van der Waals surface area contributed by atoms with Gasteiger partial charge < -0.3 is 15.0 Å². The number of benzene rings is 1. The van der Waals surface area contributed by atoms with Crippen LogP contribution in [0.15, 0.2) is 36.5 Å². The van der Waals surface area contributed by atoms with Crippen LogP contribution >= 0.6 is 12.6 Å². The van der Waals surface area contributed by atoms with Crippen molar-refractivity contribution in [3.05, 3.63) is 47.8 Å². The number of hydrogen-bond donors (Lipinski definition) is 2. The highest BCUT2D eigenvalue weighted by atomic mass is 32.1. The molecule has 3 heterocycles. The first-order valence-corrected chi connectivity index (χ1v) is 11.0. The molecule has 1 aliphatic carbocycles. The first kappa shape index (κ1) is 22.5. The Bertz CT molecular complexity index is 1210. The molecule has 34 heavy (non-hydrogen) atoms. The summed E-state index contributed by atoms with van der Waals surface area (Å²) in [7, 11) is 0. The Morgan fingerprint density at radius 2 is 1.91 bits per heavy atom. The topological polar surface area (TPSA) is 98.6 Å². The van der Waals surface area contributed by atoms with Crippen molar-refractivity contribution < 1.29 is 27.5 Å². The fraction of sp³-hybridized carbons (Fsp3) is 0.364. The van der Waals surface area contributed by atoms with Gasteiger partial charge in [0.1, 0.15) is 17.9 Å². The van der Waals surface area contributed by atoms with Gasteiger partial charge in [-0.25, -0.2) is 4.98 Å². The van der Waals surface area contributed by atoms with E-state index in [2.05, 4.69) is 22.9 Å². The van der Waals surface area contributed by atoms with E-state index in [0.29, 0.717) is 17.5 Å². The normalized spacial score (nSPS) is 24.7. The van der Waals surface area contributed by atoms with Crippen LogP contribution in [0.3, 0.4) is 0 Å². The predicted octanol–water partition coefficient (Wildman–Crippen LogP) is 2.49. The SMILES string of the molecule is N#Cc1ncc(N2C(=O)C3(CCC3=O)N(c3ccc(OC4CNC4)cc3)C2S)cc1C(F)(F)F. The molecule has 2 unspecified atom stereocenters. The van der Waals surface area contributed by atoms with Gasteiger partial charge in [-0.1, -0.05) is 0 Å². The highest BCUT2D eigenvalue weighted by Crippen LogP contribution is 2.48. The number of nitrogens with zero attached hydrogens (tertiary/aromatic N) is 4. The van der Waals surface area contributed by atoms with E-state index in [1.54, 1.807) is 24.3 Å². The third kappa shape index (κ3) is 3.30. The Kier molecular flexibility index (Phi) is 5.22. The Morgan fingerprint density at radius 1 is 1.21 bits per heavy atom. The Hall–Kier alpha value is -3.30. The van der Waals surface area contributed by atoms with Crippen molar-refractivity contribution >= 4 is 35.7 Å². The third-order valence-electron chi connectivity index (χ3n) is 6.35. The van der Waals surface area contributed by atoms with Gasteiger partial charge in [0, 0.05) is 25.2 Å². The molecule has 1 aromatic heterocycles. The van der Waals surface area contributed by atoms with E-state index < -0.39 is 34.4 Å². The molecule has 176 valence electrons. The van der Waals surface area contributed by atoms with Crippen LogP contribution in [0.2, 0.25) is 0 Å². The minimum atomic E-state index is -4.85. The van der Waals surface area contributed by atoms with Gasteiger partial charge in [0.05, 0.1) is 17.4 Å². The van der Waals surface area contributed by atoms with Crippen LogP contribution in [0.4, 0.5) is 24.5 Å². The van der Waals surface area contributed by atoms with Crippen LogP contribution in [0.25, 0.3) is 0 Å². The van der Waals surface area contributed by atoms with Crippen LogP contribution in [-0.4, -0.2) is 46.9 Å². The fourth-order valence-electron chi connectivity index (χ4n) is 4.38. The van der Waals surface area contributed by atoms with E-state index in [0.717, 1.165) is 24.2 Å². The molecule has 1 N–H and O–H groups in total. The molecular formula is C22H18F3N5O3S.